The first-order valence-corrected chi connectivity index (χ1v) is 10.1. The van der Waals surface area contributed by atoms with Crippen LogP contribution in [0, 0.1) is 0 Å². The van der Waals surface area contributed by atoms with Crippen molar-refractivity contribution < 1.29 is 8.42 Å². The van der Waals surface area contributed by atoms with Crippen molar-refractivity contribution in [3.8, 4) is 0 Å². The molecule has 2 fully saturated rings. The summed E-state index contributed by atoms with van der Waals surface area (Å²) in [5, 5.41) is 7.34. The molecule has 5 nitrogen and oxygen atoms in total. The fraction of sp³-hybridized carbons (Fsp3) is 0.714. The lowest BCUT2D eigenvalue weighted by Gasteiger charge is -2.28. The molecule has 1 aromatic heterocycles. The molecule has 0 aromatic carbocycles. The van der Waals surface area contributed by atoms with E-state index >= 15 is 0 Å². The first-order valence-electron chi connectivity index (χ1n) is 7.59. The monoisotopic (exact) mass is 329 g/mol. The molecule has 1 aliphatic heterocycles. The molecule has 0 spiro atoms. The van der Waals surface area contributed by atoms with E-state index in [0.717, 1.165) is 44.6 Å². The molecule has 1 N–H and O–H groups in total. The van der Waals surface area contributed by atoms with Gasteiger partial charge in [0.2, 0.25) is 10.0 Å². The molecule has 7 heteroatoms. The second-order valence-corrected chi connectivity index (χ2v) is 8.64. The van der Waals surface area contributed by atoms with Gasteiger partial charge in [0, 0.05) is 45.3 Å². The Balaban J connectivity index is 1.60. The van der Waals surface area contributed by atoms with Crippen molar-refractivity contribution >= 4 is 21.4 Å². The number of rotatable bonds is 7. The smallest absolute Gasteiger partial charge is 0.215 e. The third kappa shape index (κ3) is 4.26. The van der Waals surface area contributed by atoms with Crippen LogP contribution in [0.25, 0.3) is 0 Å². The van der Waals surface area contributed by atoms with E-state index in [9.17, 15) is 8.42 Å². The zero-order chi connectivity index (χ0) is 14.7. The third-order valence-corrected chi connectivity index (χ3v) is 6.68. The molecule has 3 rings (SSSR count). The van der Waals surface area contributed by atoms with E-state index < -0.39 is 10.0 Å². The Kier molecular flexibility index (Phi) is 4.96. The molecule has 0 atom stereocenters. The van der Waals surface area contributed by atoms with E-state index in [1.54, 1.807) is 15.6 Å². The fourth-order valence-electron chi connectivity index (χ4n) is 2.68. The van der Waals surface area contributed by atoms with Gasteiger partial charge in [-0.25, -0.2) is 8.42 Å². The van der Waals surface area contributed by atoms with E-state index in [2.05, 4.69) is 10.2 Å². The van der Waals surface area contributed by atoms with Crippen molar-refractivity contribution in [3.63, 3.8) is 0 Å². The first kappa shape index (κ1) is 15.4. The summed E-state index contributed by atoms with van der Waals surface area (Å²) in [5.41, 5.74) is 1.11. The van der Waals surface area contributed by atoms with Crippen LogP contribution in [0.15, 0.2) is 16.8 Å². The highest BCUT2D eigenvalue weighted by molar-refractivity contribution is 7.89. The molecule has 1 saturated heterocycles. The van der Waals surface area contributed by atoms with Gasteiger partial charge in [-0.3, -0.25) is 4.90 Å². The Bertz CT molecular complexity index is 535. The highest BCUT2D eigenvalue weighted by atomic mass is 32.2. The summed E-state index contributed by atoms with van der Waals surface area (Å²) in [5.74, 6) is 0.244. The maximum Gasteiger partial charge on any atom is 0.215 e. The van der Waals surface area contributed by atoms with Crippen molar-refractivity contribution in [1.29, 1.82) is 0 Å². The molecule has 1 aliphatic carbocycles. The molecular weight excluding hydrogens is 306 g/mol. The highest BCUT2D eigenvalue weighted by Crippen LogP contribution is 2.31. The fourth-order valence-corrected chi connectivity index (χ4v) is 5.07. The first-order chi connectivity index (χ1) is 10.1. The Morgan fingerprint density at radius 3 is 2.71 bits per heavy atom. The van der Waals surface area contributed by atoms with Crippen LogP contribution in [-0.4, -0.2) is 62.1 Å². The number of hydrogen-bond acceptors (Lipinski definition) is 5. The standard InChI is InChI=1S/C14H23N3O2S2/c18-21(19,10-8-16-6-4-15-5-7-16)17(14-1-2-14)11-13-3-9-20-12-13/h3,9,12,14-15H,1-2,4-8,10-11H2. The van der Waals surface area contributed by atoms with E-state index in [1.165, 1.54) is 0 Å². The zero-order valence-electron chi connectivity index (χ0n) is 12.2. The van der Waals surface area contributed by atoms with Gasteiger partial charge in [-0.2, -0.15) is 15.6 Å². The second kappa shape index (κ2) is 6.75. The van der Waals surface area contributed by atoms with Crippen molar-refractivity contribution in [2.24, 2.45) is 0 Å². The number of nitrogens with one attached hydrogen (secondary N) is 1. The van der Waals surface area contributed by atoms with Crippen LogP contribution < -0.4 is 5.32 Å². The molecule has 1 aromatic rings. The van der Waals surface area contributed by atoms with Crippen LogP contribution in [-0.2, 0) is 16.6 Å². The molecule has 2 aliphatic rings. The minimum atomic E-state index is -3.16. The maximum atomic E-state index is 12.7. The lowest BCUT2D eigenvalue weighted by atomic mass is 10.3. The maximum absolute atomic E-state index is 12.7. The minimum Gasteiger partial charge on any atom is -0.314 e. The molecule has 21 heavy (non-hydrogen) atoms. The highest BCUT2D eigenvalue weighted by Gasteiger charge is 2.37. The summed E-state index contributed by atoms with van der Waals surface area (Å²) in [6.07, 6.45) is 2.02. The van der Waals surface area contributed by atoms with Gasteiger partial charge < -0.3 is 5.32 Å². The third-order valence-electron chi connectivity index (χ3n) is 4.11. The van der Waals surface area contributed by atoms with Gasteiger partial charge in [-0.1, -0.05) is 0 Å². The molecule has 0 radical (unpaired) electrons. The average molecular weight is 329 g/mol. The number of piperazine rings is 1. The summed E-state index contributed by atoms with van der Waals surface area (Å²) >= 11 is 1.62. The Hall–Kier alpha value is -0.470. The van der Waals surface area contributed by atoms with Crippen LogP contribution in [0.5, 0.6) is 0 Å². The quantitative estimate of drug-likeness (QED) is 0.809. The normalized spacial score (nSPS) is 21.0. The average Bonchev–Trinajstić information content (AvgIpc) is 3.19. The van der Waals surface area contributed by atoms with Gasteiger partial charge in [0.15, 0.2) is 0 Å². The zero-order valence-corrected chi connectivity index (χ0v) is 13.8. The summed E-state index contributed by atoms with van der Waals surface area (Å²) < 4.78 is 27.1. The van der Waals surface area contributed by atoms with E-state index in [4.69, 9.17) is 0 Å². The number of nitrogens with zero attached hydrogens (tertiary/aromatic N) is 2. The molecule has 118 valence electrons. The molecule has 2 heterocycles. The topological polar surface area (TPSA) is 52.7 Å². The van der Waals surface area contributed by atoms with Gasteiger partial charge in [-0.15, -0.1) is 0 Å². The van der Waals surface area contributed by atoms with Crippen molar-refractivity contribution in [1.82, 2.24) is 14.5 Å². The summed E-state index contributed by atoms with van der Waals surface area (Å²) in [6.45, 7) is 5.00. The predicted molar refractivity (Wildman–Crippen MR) is 86.0 cm³/mol. The Labute approximate surface area is 131 Å². The molecule has 0 unspecified atom stereocenters. The predicted octanol–water partition coefficient (Wildman–Crippen LogP) is 0.948. The largest absolute Gasteiger partial charge is 0.314 e. The van der Waals surface area contributed by atoms with Gasteiger partial charge in [0.05, 0.1) is 5.75 Å². The summed E-state index contributed by atoms with van der Waals surface area (Å²) in [7, 11) is -3.16. The van der Waals surface area contributed by atoms with E-state index in [-0.39, 0.29) is 11.8 Å². The second-order valence-electron chi connectivity index (χ2n) is 5.82. The summed E-state index contributed by atoms with van der Waals surface area (Å²) in [4.78, 5) is 2.24. The lowest BCUT2D eigenvalue weighted by Crippen LogP contribution is -2.46. The lowest BCUT2D eigenvalue weighted by molar-refractivity contribution is 0.252. The molecular formula is C14H23N3O2S2. The van der Waals surface area contributed by atoms with E-state index in [0.29, 0.717) is 13.1 Å². The molecule has 0 bridgehead atoms. The van der Waals surface area contributed by atoms with Crippen LogP contribution in [0.4, 0.5) is 0 Å². The number of thiophene rings is 1. The molecule has 1 saturated carbocycles. The van der Waals surface area contributed by atoms with Gasteiger partial charge in [0.1, 0.15) is 0 Å². The molecule has 0 amide bonds. The Morgan fingerprint density at radius 2 is 2.10 bits per heavy atom. The van der Waals surface area contributed by atoms with Crippen molar-refractivity contribution in [2.45, 2.75) is 25.4 Å². The van der Waals surface area contributed by atoms with Crippen molar-refractivity contribution in [3.05, 3.63) is 22.4 Å². The minimum absolute atomic E-state index is 0.234. The van der Waals surface area contributed by atoms with Crippen LogP contribution in [0.1, 0.15) is 18.4 Å². The van der Waals surface area contributed by atoms with Crippen LogP contribution in [0.3, 0.4) is 0 Å². The van der Waals surface area contributed by atoms with E-state index in [1.807, 2.05) is 16.8 Å². The van der Waals surface area contributed by atoms with Gasteiger partial charge >= 0.3 is 0 Å². The van der Waals surface area contributed by atoms with Crippen LogP contribution in [0.2, 0.25) is 0 Å². The van der Waals surface area contributed by atoms with Crippen LogP contribution >= 0.6 is 11.3 Å². The summed E-state index contributed by atoms with van der Waals surface area (Å²) in [6, 6.07) is 2.25. The van der Waals surface area contributed by atoms with Crippen molar-refractivity contribution in [2.75, 3.05) is 38.5 Å². The van der Waals surface area contributed by atoms with Gasteiger partial charge in [-0.05, 0) is 35.2 Å². The number of hydrogen-bond donors (Lipinski definition) is 1. The Morgan fingerprint density at radius 1 is 1.33 bits per heavy atom. The number of sulfonamides is 1. The SMILES string of the molecule is O=S(=O)(CCN1CCNCC1)N(Cc1ccsc1)C1CC1. The van der Waals surface area contributed by atoms with Gasteiger partial charge in [0.25, 0.3) is 0 Å².